The zero-order chi connectivity index (χ0) is 10.7. The van der Waals surface area contributed by atoms with Gasteiger partial charge in [0.1, 0.15) is 0 Å². The molecule has 0 saturated carbocycles. The third kappa shape index (κ3) is 2.47. The van der Waals surface area contributed by atoms with Gasteiger partial charge in [-0.2, -0.15) is 0 Å². The quantitative estimate of drug-likeness (QED) is 0.736. The maximum Gasteiger partial charge on any atom is 0.239 e. The summed E-state index contributed by atoms with van der Waals surface area (Å²) in [6.07, 6.45) is 1.17. The van der Waals surface area contributed by atoms with E-state index in [4.69, 9.17) is 0 Å². The van der Waals surface area contributed by atoms with E-state index in [0.29, 0.717) is 11.8 Å². The molecule has 3 heteroatoms. The summed E-state index contributed by atoms with van der Waals surface area (Å²) in [6.45, 7) is 8.28. The third-order valence-corrected chi connectivity index (χ3v) is 3.28. The van der Waals surface area contributed by atoms with Crippen LogP contribution in [0.3, 0.4) is 0 Å². The smallest absolute Gasteiger partial charge is 0.239 e. The van der Waals surface area contributed by atoms with E-state index in [1.807, 2.05) is 18.9 Å². The number of amides is 1. The second-order valence-electron chi connectivity index (χ2n) is 4.59. The Hall–Kier alpha value is -0.570. The average Bonchev–Trinajstić information content (AvgIpc) is 2.64. The van der Waals surface area contributed by atoms with E-state index in [1.54, 1.807) is 0 Å². The molecule has 0 aromatic carbocycles. The van der Waals surface area contributed by atoms with Crippen molar-refractivity contribution in [3.8, 4) is 0 Å². The molecule has 0 radical (unpaired) electrons. The largest absolute Gasteiger partial charge is 0.341 e. The van der Waals surface area contributed by atoms with Crippen LogP contribution in [0.2, 0.25) is 0 Å². The van der Waals surface area contributed by atoms with E-state index in [2.05, 4.69) is 19.2 Å². The summed E-state index contributed by atoms with van der Waals surface area (Å²) in [5, 5.41) is 2.99. The van der Waals surface area contributed by atoms with Crippen LogP contribution in [-0.2, 0) is 4.79 Å². The number of likely N-dealkylation sites (N-methyl/N-ethyl adjacent to an activating group) is 1. The summed E-state index contributed by atoms with van der Waals surface area (Å²) >= 11 is 0. The maximum absolute atomic E-state index is 11.8. The molecule has 1 N–H and O–H groups in total. The lowest BCUT2D eigenvalue weighted by Crippen LogP contribution is -2.42. The van der Waals surface area contributed by atoms with Crippen molar-refractivity contribution in [2.45, 2.75) is 33.2 Å². The monoisotopic (exact) mass is 198 g/mol. The van der Waals surface area contributed by atoms with Crippen LogP contribution >= 0.6 is 0 Å². The molecule has 2 atom stereocenters. The molecular weight excluding hydrogens is 176 g/mol. The first kappa shape index (κ1) is 11.5. The zero-order valence-corrected chi connectivity index (χ0v) is 9.71. The van der Waals surface area contributed by atoms with Crippen LogP contribution in [0.1, 0.15) is 27.2 Å². The van der Waals surface area contributed by atoms with Gasteiger partial charge in [-0.25, -0.2) is 0 Å². The Bertz CT molecular complexity index is 203. The van der Waals surface area contributed by atoms with Crippen molar-refractivity contribution < 1.29 is 4.79 Å². The molecule has 1 aliphatic rings. The van der Waals surface area contributed by atoms with E-state index >= 15 is 0 Å². The van der Waals surface area contributed by atoms with Crippen LogP contribution in [-0.4, -0.2) is 37.0 Å². The van der Waals surface area contributed by atoms with Crippen molar-refractivity contribution in [3.05, 3.63) is 0 Å². The first-order chi connectivity index (χ1) is 6.56. The Labute approximate surface area is 86.9 Å². The first-order valence-electron chi connectivity index (χ1n) is 5.52. The van der Waals surface area contributed by atoms with Crippen molar-refractivity contribution in [1.29, 1.82) is 0 Å². The fourth-order valence-electron chi connectivity index (χ4n) is 1.93. The van der Waals surface area contributed by atoms with Crippen LogP contribution in [0.15, 0.2) is 0 Å². The van der Waals surface area contributed by atoms with Gasteiger partial charge in [-0.05, 0) is 32.2 Å². The van der Waals surface area contributed by atoms with Gasteiger partial charge in [0, 0.05) is 13.1 Å². The van der Waals surface area contributed by atoms with E-state index in [-0.39, 0.29) is 11.9 Å². The fourth-order valence-corrected chi connectivity index (χ4v) is 1.93. The molecule has 1 fully saturated rings. The molecule has 82 valence electrons. The van der Waals surface area contributed by atoms with Gasteiger partial charge in [-0.3, -0.25) is 4.79 Å². The first-order valence-corrected chi connectivity index (χ1v) is 5.52. The number of hydrogen-bond donors (Lipinski definition) is 1. The molecule has 1 heterocycles. The lowest BCUT2D eigenvalue weighted by Gasteiger charge is -2.21. The fraction of sp³-hybridized carbons (Fsp3) is 0.909. The van der Waals surface area contributed by atoms with Crippen LogP contribution in [0.4, 0.5) is 0 Å². The molecule has 0 aromatic heterocycles. The van der Waals surface area contributed by atoms with Crippen molar-refractivity contribution >= 4 is 5.91 Å². The normalized spacial score (nSPS) is 24.4. The maximum atomic E-state index is 11.8. The van der Waals surface area contributed by atoms with Gasteiger partial charge in [0.2, 0.25) is 5.91 Å². The Balaban J connectivity index is 2.45. The van der Waals surface area contributed by atoms with Crippen LogP contribution in [0.25, 0.3) is 0 Å². The number of nitrogens with one attached hydrogen (secondary N) is 1. The number of carbonyl (C=O) groups excluding carboxylic acids is 1. The van der Waals surface area contributed by atoms with E-state index in [1.165, 1.54) is 6.42 Å². The Morgan fingerprint density at radius 3 is 2.50 bits per heavy atom. The minimum atomic E-state index is -0.0408. The summed E-state index contributed by atoms with van der Waals surface area (Å²) in [5.41, 5.74) is 0. The van der Waals surface area contributed by atoms with Gasteiger partial charge in [-0.1, -0.05) is 13.8 Å². The predicted octanol–water partition coefficient (Wildman–Crippen LogP) is 1.10. The minimum Gasteiger partial charge on any atom is -0.341 e. The second-order valence-corrected chi connectivity index (χ2v) is 4.59. The molecule has 0 spiro atoms. The van der Waals surface area contributed by atoms with Crippen molar-refractivity contribution in [2.75, 3.05) is 20.1 Å². The second kappa shape index (κ2) is 4.78. The lowest BCUT2D eigenvalue weighted by atomic mass is 9.95. The summed E-state index contributed by atoms with van der Waals surface area (Å²) in [7, 11) is 1.83. The number of rotatable bonds is 3. The van der Waals surface area contributed by atoms with Crippen molar-refractivity contribution in [1.82, 2.24) is 10.2 Å². The highest BCUT2D eigenvalue weighted by atomic mass is 16.2. The molecular formula is C11H22N2O. The van der Waals surface area contributed by atoms with Crippen molar-refractivity contribution in [3.63, 3.8) is 0 Å². The highest BCUT2D eigenvalue weighted by molar-refractivity contribution is 5.81. The SMILES string of the molecule is CNC(C)C(=O)N1CCC(C(C)C)C1. The lowest BCUT2D eigenvalue weighted by molar-refractivity contribution is -0.132. The molecule has 14 heavy (non-hydrogen) atoms. The third-order valence-electron chi connectivity index (χ3n) is 3.28. The van der Waals surface area contributed by atoms with Gasteiger partial charge < -0.3 is 10.2 Å². The van der Waals surface area contributed by atoms with Gasteiger partial charge in [0.15, 0.2) is 0 Å². The van der Waals surface area contributed by atoms with Crippen LogP contribution in [0.5, 0.6) is 0 Å². The predicted molar refractivity (Wildman–Crippen MR) is 58.0 cm³/mol. The Morgan fingerprint density at radius 1 is 1.43 bits per heavy atom. The number of likely N-dealkylation sites (tertiary alicyclic amines) is 1. The molecule has 0 aliphatic carbocycles. The standard InChI is InChI=1S/C11H22N2O/c1-8(2)10-5-6-13(7-10)11(14)9(3)12-4/h8-10,12H,5-7H2,1-4H3. The van der Waals surface area contributed by atoms with Crippen LogP contribution < -0.4 is 5.32 Å². The summed E-state index contributed by atoms with van der Waals surface area (Å²) in [6, 6.07) is -0.0408. The van der Waals surface area contributed by atoms with E-state index in [9.17, 15) is 4.79 Å². The molecule has 0 bridgehead atoms. The molecule has 1 saturated heterocycles. The Morgan fingerprint density at radius 2 is 2.07 bits per heavy atom. The zero-order valence-electron chi connectivity index (χ0n) is 9.71. The number of nitrogens with zero attached hydrogens (tertiary/aromatic N) is 1. The molecule has 2 unspecified atom stereocenters. The van der Waals surface area contributed by atoms with Gasteiger partial charge in [-0.15, -0.1) is 0 Å². The van der Waals surface area contributed by atoms with E-state index in [0.717, 1.165) is 13.1 Å². The molecule has 0 aromatic rings. The molecule has 1 amide bonds. The summed E-state index contributed by atoms with van der Waals surface area (Å²) in [5.74, 6) is 1.64. The van der Waals surface area contributed by atoms with Gasteiger partial charge in [0.25, 0.3) is 0 Å². The number of carbonyl (C=O) groups is 1. The minimum absolute atomic E-state index is 0.0408. The molecule has 1 aliphatic heterocycles. The van der Waals surface area contributed by atoms with Gasteiger partial charge >= 0.3 is 0 Å². The highest BCUT2D eigenvalue weighted by Gasteiger charge is 2.29. The van der Waals surface area contributed by atoms with E-state index < -0.39 is 0 Å². The Kier molecular flexibility index (Phi) is 3.93. The van der Waals surface area contributed by atoms with Crippen LogP contribution in [0, 0.1) is 11.8 Å². The molecule has 3 nitrogen and oxygen atoms in total. The summed E-state index contributed by atoms with van der Waals surface area (Å²) < 4.78 is 0. The average molecular weight is 198 g/mol. The van der Waals surface area contributed by atoms with Gasteiger partial charge in [0.05, 0.1) is 6.04 Å². The summed E-state index contributed by atoms with van der Waals surface area (Å²) in [4.78, 5) is 13.8. The topological polar surface area (TPSA) is 32.3 Å². The molecule has 1 rings (SSSR count). The highest BCUT2D eigenvalue weighted by Crippen LogP contribution is 2.23. The van der Waals surface area contributed by atoms with Crippen molar-refractivity contribution in [2.24, 2.45) is 11.8 Å². The number of hydrogen-bond acceptors (Lipinski definition) is 2.